The van der Waals surface area contributed by atoms with Crippen molar-refractivity contribution in [3.8, 4) is 0 Å². The summed E-state index contributed by atoms with van der Waals surface area (Å²) in [4.78, 5) is 16.5. The van der Waals surface area contributed by atoms with E-state index in [-0.39, 0.29) is 44.3 Å². The standard InChI is InChI=1S/C20H29N2OP.Y/c1-6-24(11-9-7-8-10-12-24)17(4)20(23)22-19-15(2)13-18(21-5)14-16(19)3;/h13-14,17H,6-12H2,1-4H3;/p+1. The Kier molecular flexibility index (Phi) is 9.24. The Bertz CT molecular complexity index is 623. The Labute approximate surface area is 178 Å². The van der Waals surface area contributed by atoms with Crippen molar-refractivity contribution >= 4 is 24.5 Å². The zero-order valence-corrected chi connectivity index (χ0v) is 19.8. The number of amides is 1. The number of rotatable bonds is 4. The minimum absolute atomic E-state index is 0. The molecule has 3 nitrogen and oxygen atoms in total. The van der Waals surface area contributed by atoms with Gasteiger partial charge in [0.05, 0.1) is 25.1 Å². The first-order valence-corrected chi connectivity index (χ1v) is 11.5. The molecule has 1 aliphatic rings. The van der Waals surface area contributed by atoms with Crippen LogP contribution in [0.4, 0.5) is 11.4 Å². The molecule has 1 atom stereocenters. The van der Waals surface area contributed by atoms with Gasteiger partial charge in [-0.1, -0.05) is 12.1 Å². The number of aryl methyl sites for hydroxylation is 2. The van der Waals surface area contributed by atoms with Gasteiger partial charge in [0.1, 0.15) is 5.66 Å². The molecule has 1 amide bonds. The fraction of sp³-hybridized carbons (Fsp3) is 0.600. The Hall–Kier alpha value is -0.286. The summed E-state index contributed by atoms with van der Waals surface area (Å²) in [5, 5.41) is 3.19. The van der Waals surface area contributed by atoms with Gasteiger partial charge in [-0.2, -0.15) is 0 Å². The number of nitrogens with one attached hydrogen (secondary N) is 1. The van der Waals surface area contributed by atoms with E-state index in [1.165, 1.54) is 44.2 Å². The average Bonchev–Trinajstić information content (AvgIpc) is 2.83. The SMILES string of the molecule is [C-]#[N+]c1cc(C)c(NC(=O)C(C)[P+]2(CC)CCCCCC2)c(C)c1.[Y]. The van der Waals surface area contributed by atoms with Crippen LogP contribution in [0.1, 0.15) is 50.7 Å². The number of carbonyl (C=O) groups is 1. The topological polar surface area (TPSA) is 33.5 Å². The number of hydrogen-bond donors (Lipinski definition) is 1. The first-order chi connectivity index (χ1) is 11.4. The molecular formula is C20H30N2OPY+. The number of benzene rings is 1. The van der Waals surface area contributed by atoms with Gasteiger partial charge in [-0.15, -0.1) is 0 Å². The van der Waals surface area contributed by atoms with Gasteiger partial charge in [0.25, 0.3) is 5.91 Å². The van der Waals surface area contributed by atoms with Crippen molar-refractivity contribution in [1.82, 2.24) is 0 Å². The summed E-state index contributed by atoms with van der Waals surface area (Å²) >= 11 is 0. The molecule has 2 rings (SSSR count). The van der Waals surface area contributed by atoms with E-state index >= 15 is 0 Å². The summed E-state index contributed by atoms with van der Waals surface area (Å²) in [6.45, 7) is 15.5. The normalized spacial score (nSPS) is 17.6. The third-order valence-electron chi connectivity index (χ3n) is 5.68. The summed E-state index contributed by atoms with van der Waals surface area (Å²) in [5.74, 6) is 0.175. The molecule has 0 saturated carbocycles. The minimum Gasteiger partial charge on any atom is -0.322 e. The quantitative estimate of drug-likeness (QED) is 0.472. The summed E-state index contributed by atoms with van der Waals surface area (Å²) in [6, 6.07) is 3.72. The minimum atomic E-state index is -1.20. The van der Waals surface area contributed by atoms with Crippen LogP contribution in [0.2, 0.25) is 0 Å². The molecule has 1 saturated heterocycles. The molecule has 0 aromatic heterocycles. The number of carbonyl (C=O) groups excluding carboxylic acids is 1. The van der Waals surface area contributed by atoms with Crippen LogP contribution in [-0.4, -0.2) is 30.1 Å². The molecule has 0 spiro atoms. The molecule has 1 radical (unpaired) electrons. The molecule has 1 N–H and O–H groups in total. The molecular weight excluding hydrogens is 404 g/mol. The van der Waals surface area contributed by atoms with Crippen LogP contribution in [-0.2, 0) is 37.5 Å². The van der Waals surface area contributed by atoms with Gasteiger partial charge in [-0.25, -0.2) is 4.85 Å². The van der Waals surface area contributed by atoms with Crippen LogP contribution >= 0.6 is 7.26 Å². The molecule has 0 bridgehead atoms. The van der Waals surface area contributed by atoms with Crippen LogP contribution < -0.4 is 5.32 Å². The molecule has 5 heteroatoms. The summed E-state index contributed by atoms with van der Waals surface area (Å²) < 4.78 is 0. The van der Waals surface area contributed by atoms with Crippen LogP contribution in [0.5, 0.6) is 0 Å². The zero-order valence-electron chi connectivity index (χ0n) is 16.1. The maximum Gasteiger partial charge on any atom is 0.264 e. The van der Waals surface area contributed by atoms with Crippen LogP contribution in [0, 0.1) is 20.4 Å². The van der Waals surface area contributed by atoms with Crippen molar-refractivity contribution < 1.29 is 37.5 Å². The Balaban J connectivity index is 0.00000312. The maximum atomic E-state index is 13.0. The van der Waals surface area contributed by atoms with E-state index in [2.05, 4.69) is 24.0 Å². The fourth-order valence-corrected chi connectivity index (χ4v) is 8.42. The van der Waals surface area contributed by atoms with Gasteiger partial charge in [0.15, 0.2) is 5.69 Å². The summed E-state index contributed by atoms with van der Waals surface area (Å²) in [5.41, 5.74) is 3.61. The molecule has 1 unspecified atom stereocenters. The summed E-state index contributed by atoms with van der Waals surface area (Å²) in [6.07, 6.45) is 8.95. The number of anilines is 1. The van der Waals surface area contributed by atoms with E-state index in [4.69, 9.17) is 6.57 Å². The summed E-state index contributed by atoms with van der Waals surface area (Å²) in [7, 11) is -1.20. The van der Waals surface area contributed by atoms with Crippen molar-refractivity contribution in [1.29, 1.82) is 0 Å². The predicted molar refractivity (Wildman–Crippen MR) is 106 cm³/mol. The Morgan fingerprint density at radius 1 is 1.20 bits per heavy atom. The van der Waals surface area contributed by atoms with Crippen molar-refractivity contribution in [2.45, 2.75) is 59.0 Å². The predicted octanol–water partition coefficient (Wildman–Crippen LogP) is 5.79. The van der Waals surface area contributed by atoms with Gasteiger partial charge in [-0.05, 0) is 64.5 Å². The van der Waals surface area contributed by atoms with E-state index in [0.29, 0.717) is 5.69 Å². The number of nitrogens with zero attached hydrogens (tertiary/aromatic N) is 1. The van der Waals surface area contributed by atoms with E-state index in [9.17, 15) is 4.79 Å². The molecule has 1 aliphatic heterocycles. The van der Waals surface area contributed by atoms with Crippen LogP contribution in [0.3, 0.4) is 0 Å². The first kappa shape index (κ1) is 22.8. The molecule has 25 heavy (non-hydrogen) atoms. The molecule has 1 aromatic carbocycles. The van der Waals surface area contributed by atoms with Crippen molar-refractivity contribution in [2.24, 2.45) is 0 Å². The van der Waals surface area contributed by atoms with E-state index in [1.54, 1.807) is 0 Å². The zero-order chi connectivity index (χ0) is 17.7. The first-order valence-electron chi connectivity index (χ1n) is 9.09. The molecule has 0 aliphatic carbocycles. The smallest absolute Gasteiger partial charge is 0.264 e. The van der Waals surface area contributed by atoms with E-state index < -0.39 is 7.26 Å². The van der Waals surface area contributed by atoms with Crippen molar-refractivity contribution in [3.63, 3.8) is 0 Å². The Morgan fingerprint density at radius 2 is 1.72 bits per heavy atom. The van der Waals surface area contributed by atoms with Gasteiger partial charge >= 0.3 is 0 Å². The van der Waals surface area contributed by atoms with E-state index in [1.807, 2.05) is 26.0 Å². The van der Waals surface area contributed by atoms with Crippen LogP contribution in [0.25, 0.3) is 4.85 Å². The number of hydrogen-bond acceptors (Lipinski definition) is 1. The molecule has 1 heterocycles. The maximum absolute atomic E-state index is 13.0. The van der Waals surface area contributed by atoms with Crippen molar-refractivity contribution in [3.05, 3.63) is 34.7 Å². The molecule has 1 aromatic rings. The third kappa shape index (κ3) is 5.35. The van der Waals surface area contributed by atoms with Gasteiger partial charge in [0.2, 0.25) is 0 Å². The largest absolute Gasteiger partial charge is 0.322 e. The van der Waals surface area contributed by atoms with E-state index in [0.717, 1.165) is 16.8 Å². The monoisotopic (exact) mass is 434 g/mol. The average molecular weight is 434 g/mol. The molecule has 133 valence electrons. The third-order valence-corrected chi connectivity index (χ3v) is 11.2. The second-order valence-corrected chi connectivity index (χ2v) is 11.9. The second kappa shape index (κ2) is 10.2. The van der Waals surface area contributed by atoms with Gasteiger partial charge in [-0.3, -0.25) is 4.79 Å². The van der Waals surface area contributed by atoms with Crippen molar-refractivity contribution in [2.75, 3.05) is 23.8 Å². The van der Waals surface area contributed by atoms with Crippen LogP contribution in [0.15, 0.2) is 12.1 Å². The Morgan fingerprint density at radius 3 is 2.16 bits per heavy atom. The molecule has 1 fully saturated rings. The fourth-order valence-electron chi connectivity index (χ4n) is 3.97. The van der Waals surface area contributed by atoms with Gasteiger partial charge in [0, 0.05) is 45.7 Å². The second-order valence-electron chi connectivity index (χ2n) is 7.13. The van der Waals surface area contributed by atoms with Gasteiger partial charge < -0.3 is 5.32 Å².